The predicted octanol–water partition coefficient (Wildman–Crippen LogP) is 3.12. The lowest BCUT2D eigenvalue weighted by Gasteiger charge is -2.34. The SMILES string of the molecule is C=CCn1c(SCC(=O)N2C[C@H](C)C[C@H](C)C2)nnc1-c1ccncc1. The molecule has 0 radical (unpaired) electrons. The number of amides is 1. The van der Waals surface area contributed by atoms with Gasteiger partial charge in [0.05, 0.1) is 5.75 Å². The van der Waals surface area contributed by atoms with Gasteiger partial charge in [0.15, 0.2) is 11.0 Å². The van der Waals surface area contributed by atoms with Gasteiger partial charge in [-0.25, -0.2) is 0 Å². The monoisotopic (exact) mass is 371 g/mol. The molecule has 3 rings (SSSR count). The van der Waals surface area contributed by atoms with Crippen molar-refractivity contribution in [3.8, 4) is 11.4 Å². The third kappa shape index (κ3) is 4.33. The Labute approximate surface area is 158 Å². The van der Waals surface area contributed by atoms with Crippen LogP contribution in [0.25, 0.3) is 11.4 Å². The first-order valence-corrected chi connectivity index (χ1v) is 9.92. The van der Waals surface area contributed by atoms with E-state index in [-0.39, 0.29) is 5.91 Å². The number of rotatable bonds is 6. The van der Waals surface area contributed by atoms with E-state index >= 15 is 0 Å². The van der Waals surface area contributed by atoms with Crippen LogP contribution >= 0.6 is 11.8 Å². The van der Waals surface area contributed by atoms with Gasteiger partial charge in [-0.05, 0) is 30.4 Å². The first-order valence-electron chi connectivity index (χ1n) is 8.93. The fourth-order valence-corrected chi connectivity index (χ4v) is 4.34. The Balaban J connectivity index is 1.71. The highest BCUT2D eigenvalue weighted by molar-refractivity contribution is 7.99. The van der Waals surface area contributed by atoms with Crippen LogP contribution in [0.1, 0.15) is 20.3 Å². The summed E-state index contributed by atoms with van der Waals surface area (Å²) in [7, 11) is 0. The minimum absolute atomic E-state index is 0.173. The van der Waals surface area contributed by atoms with Crippen molar-refractivity contribution in [2.75, 3.05) is 18.8 Å². The lowest BCUT2D eigenvalue weighted by atomic mass is 9.92. The summed E-state index contributed by atoms with van der Waals surface area (Å²) >= 11 is 1.44. The van der Waals surface area contributed by atoms with Crippen LogP contribution in [0.2, 0.25) is 0 Å². The van der Waals surface area contributed by atoms with Crippen LogP contribution in [-0.2, 0) is 11.3 Å². The minimum atomic E-state index is 0.173. The van der Waals surface area contributed by atoms with Gasteiger partial charge in [0.1, 0.15) is 0 Å². The Morgan fingerprint density at radius 3 is 2.62 bits per heavy atom. The number of pyridine rings is 1. The van der Waals surface area contributed by atoms with E-state index in [0.29, 0.717) is 24.1 Å². The lowest BCUT2D eigenvalue weighted by Crippen LogP contribution is -2.43. The van der Waals surface area contributed by atoms with E-state index in [1.165, 1.54) is 18.2 Å². The van der Waals surface area contributed by atoms with Gasteiger partial charge in [0, 0.05) is 37.6 Å². The topological polar surface area (TPSA) is 63.9 Å². The molecule has 0 N–H and O–H groups in total. The summed E-state index contributed by atoms with van der Waals surface area (Å²) in [6.45, 7) is 10.6. The third-order valence-electron chi connectivity index (χ3n) is 4.51. The summed E-state index contributed by atoms with van der Waals surface area (Å²) in [5, 5.41) is 9.35. The number of carbonyl (C=O) groups is 1. The highest BCUT2D eigenvalue weighted by atomic mass is 32.2. The molecule has 1 amide bonds. The van der Waals surface area contributed by atoms with E-state index in [0.717, 1.165) is 29.6 Å². The average molecular weight is 372 g/mol. The summed E-state index contributed by atoms with van der Waals surface area (Å²) in [5.41, 5.74) is 0.950. The molecule has 3 heterocycles. The van der Waals surface area contributed by atoms with Crippen molar-refractivity contribution in [2.45, 2.75) is 32.0 Å². The van der Waals surface area contributed by atoms with Gasteiger partial charge in [0.2, 0.25) is 5.91 Å². The Morgan fingerprint density at radius 2 is 1.96 bits per heavy atom. The normalized spacial score (nSPS) is 20.2. The van der Waals surface area contributed by atoms with E-state index in [4.69, 9.17) is 0 Å². The van der Waals surface area contributed by atoms with Crippen molar-refractivity contribution >= 4 is 17.7 Å². The van der Waals surface area contributed by atoms with Crippen LogP contribution in [-0.4, -0.2) is 49.4 Å². The molecule has 1 aliphatic heterocycles. The summed E-state index contributed by atoms with van der Waals surface area (Å²) < 4.78 is 1.99. The van der Waals surface area contributed by atoms with Crippen molar-refractivity contribution < 1.29 is 4.79 Å². The number of hydrogen-bond acceptors (Lipinski definition) is 5. The van der Waals surface area contributed by atoms with Crippen LogP contribution < -0.4 is 0 Å². The highest BCUT2D eigenvalue weighted by Crippen LogP contribution is 2.25. The van der Waals surface area contributed by atoms with Gasteiger partial charge in [-0.15, -0.1) is 16.8 Å². The maximum Gasteiger partial charge on any atom is 0.233 e. The predicted molar refractivity (Wildman–Crippen MR) is 104 cm³/mol. The molecule has 138 valence electrons. The van der Waals surface area contributed by atoms with E-state index < -0.39 is 0 Å². The molecular weight excluding hydrogens is 346 g/mol. The smallest absolute Gasteiger partial charge is 0.233 e. The minimum Gasteiger partial charge on any atom is -0.341 e. The number of allylic oxidation sites excluding steroid dienone is 1. The van der Waals surface area contributed by atoms with Crippen molar-refractivity contribution in [1.29, 1.82) is 0 Å². The van der Waals surface area contributed by atoms with E-state index in [9.17, 15) is 4.79 Å². The number of nitrogens with zero attached hydrogens (tertiary/aromatic N) is 5. The molecule has 6 nitrogen and oxygen atoms in total. The molecule has 0 aliphatic carbocycles. The summed E-state index contributed by atoms with van der Waals surface area (Å²) in [6, 6.07) is 3.80. The maximum absolute atomic E-state index is 12.6. The second-order valence-electron chi connectivity index (χ2n) is 6.97. The van der Waals surface area contributed by atoms with Crippen LogP contribution in [0.3, 0.4) is 0 Å². The molecule has 0 unspecified atom stereocenters. The molecule has 2 atom stereocenters. The molecule has 0 spiro atoms. The highest BCUT2D eigenvalue weighted by Gasteiger charge is 2.25. The fraction of sp³-hybridized carbons (Fsp3) is 0.474. The first kappa shape index (κ1) is 18.6. The van der Waals surface area contributed by atoms with Crippen LogP contribution in [0, 0.1) is 11.8 Å². The molecule has 1 saturated heterocycles. The molecule has 0 bridgehead atoms. The molecule has 7 heteroatoms. The van der Waals surface area contributed by atoms with Gasteiger partial charge in [0.25, 0.3) is 0 Å². The van der Waals surface area contributed by atoms with Gasteiger partial charge in [-0.2, -0.15) is 0 Å². The molecule has 2 aromatic rings. The Hall–Kier alpha value is -2.15. The van der Waals surface area contributed by atoms with Gasteiger partial charge in [-0.3, -0.25) is 14.3 Å². The Bertz CT molecular complexity index is 751. The number of hydrogen-bond donors (Lipinski definition) is 0. The zero-order chi connectivity index (χ0) is 18.5. The van der Waals surface area contributed by atoms with E-state index in [1.807, 2.05) is 27.7 Å². The van der Waals surface area contributed by atoms with Gasteiger partial charge >= 0.3 is 0 Å². The second-order valence-corrected chi connectivity index (χ2v) is 7.92. The number of likely N-dealkylation sites (tertiary alicyclic amines) is 1. The van der Waals surface area contributed by atoms with Crippen LogP contribution in [0.15, 0.2) is 42.3 Å². The second kappa shape index (κ2) is 8.49. The lowest BCUT2D eigenvalue weighted by molar-refractivity contribution is -0.130. The quantitative estimate of drug-likeness (QED) is 0.577. The van der Waals surface area contributed by atoms with Crippen LogP contribution in [0.4, 0.5) is 0 Å². The van der Waals surface area contributed by atoms with Crippen molar-refractivity contribution in [3.63, 3.8) is 0 Å². The fourth-order valence-electron chi connectivity index (χ4n) is 3.49. The Kier molecular flexibility index (Phi) is 6.08. The molecule has 26 heavy (non-hydrogen) atoms. The van der Waals surface area contributed by atoms with Crippen molar-refractivity contribution in [1.82, 2.24) is 24.6 Å². The van der Waals surface area contributed by atoms with Gasteiger partial charge < -0.3 is 4.90 Å². The first-order chi connectivity index (χ1) is 12.6. The van der Waals surface area contributed by atoms with Crippen LogP contribution in [0.5, 0.6) is 0 Å². The zero-order valence-corrected chi connectivity index (χ0v) is 16.2. The zero-order valence-electron chi connectivity index (χ0n) is 15.3. The summed E-state index contributed by atoms with van der Waals surface area (Å²) in [4.78, 5) is 18.7. The molecular formula is C19H25N5OS. The van der Waals surface area contributed by atoms with Crippen molar-refractivity contribution in [2.24, 2.45) is 11.8 Å². The Morgan fingerprint density at radius 1 is 1.27 bits per heavy atom. The molecule has 0 saturated carbocycles. The molecule has 1 aliphatic rings. The van der Waals surface area contributed by atoms with Crippen molar-refractivity contribution in [3.05, 3.63) is 37.2 Å². The van der Waals surface area contributed by atoms with Gasteiger partial charge in [-0.1, -0.05) is 31.7 Å². The number of aromatic nitrogens is 4. The largest absolute Gasteiger partial charge is 0.341 e. The number of thioether (sulfide) groups is 1. The standard InChI is InChI=1S/C19H25N5OS/c1-4-9-24-18(16-5-7-20-8-6-16)21-22-19(24)26-13-17(25)23-11-14(2)10-15(3)12-23/h4-8,14-15H,1,9-13H2,2-3H3/t14-,15+. The summed E-state index contributed by atoms with van der Waals surface area (Å²) in [5.74, 6) is 2.45. The molecule has 0 aromatic carbocycles. The number of piperidine rings is 1. The number of carbonyl (C=O) groups excluding carboxylic acids is 1. The average Bonchev–Trinajstić information content (AvgIpc) is 3.02. The van der Waals surface area contributed by atoms with E-state index in [2.05, 4.69) is 35.6 Å². The third-order valence-corrected chi connectivity index (χ3v) is 5.46. The molecule has 2 aromatic heterocycles. The van der Waals surface area contributed by atoms with E-state index in [1.54, 1.807) is 12.4 Å². The molecule has 1 fully saturated rings. The maximum atomic E-state index is 12.6. The summed E-state index contributed by atoms with van der Waals surface area (Å²) in [6.07, 6.45) is 6.47.